The maximum atomic E-state index is 11.5. The Morgan fingerprint density at radius 2 is 2.00 bits per heavy atom. The van der Waals surface area contributed by atoms with Crippen molar-refractivity contribution in [1.29, 1.82) is 0 Å². The second-order valence-electron chi connectivity index (χ2n) is 5.64. The first-order chi connectivity index (χ1) is 10.5. The average molecular weight is 336 g/mol. The van der Waals surface area contributed by atoms with E-state index < -0.39 is 10.0 Å². The Morgan fingerprint density at radius 3 is 2.68 bits per heavy atom. The molecule has 0 unspecified atom stereocenters. The molecule has 0 spiro atoms. The number of benzene rings is 1. The van der Waals surface area contributed by atoms with E-state index in [9.17, 15) is 8.42 Å². The maximum Gasteiger partial charge on any atom is 0.208 e. The van der Waals surface area contributed by atoms with Crippen LogP contribution < -0.4 is 4.72 Å². The molecule has 1 N–H and O–H groups in total. The van der Waals surface area contributed by atoms with Gasteiger partial charge < -0.3 is 0 Å². The van der Waals surface area contributed by atoms with E-state index in [2.05, 4.69) is 40.0 Å². The Bertz CT molecular complexity index is 726. The number of hydrogen-bond acceptors (Lipinski definition) is 4. The second-order valence-corrected chi connectivity index (χ2v) is 8.45. The smallest absolute Gasteiger partial charge is 0.208 e. The summed E-state index contributed by atoms with van der Waals surface area (Å²) in [5, 5.41) is 2.04. The predicted molar refractivity (Wildman–Crippen MR) is 90.5 cm³/mol. The fourth-order valence-electron chi connectivity index (χ4n) is 2.90. The van der Waals surface area contributed by atoms with Crippen molar-refractivity contribution in [2.45, 2.75) is 19.0 Å². The Hall–Kier alpha value is -1.21. The van der Waals surface area contributed by atoms with Gasteiger partial charge in [0.1, 0.15) is 0 Å². The SMILES string of the molecule is CS(=O)(=O)NC[C@H](c1cccs1)N1CCc2ccccc2C1. The minimum absolute atomic E-state index is 0.0862. The highest BCUT2D eigenvalue weighted by Gasteiger charge is 2.26. The zero-order valence-electron chi connectivity index (χ0n) is 12.5. The molecule has 2 heterocycles. The van der Waals surface area contributed by atoms with Crippen LogP contribution in [0.4, 0.5) is 0 Å². The number of rotatable bonds is 5. The summed E-state index contributed by atoms with van der Waals surface area (Å²) in [7, 11) is -3.18. The summed E-state index contributed by atoms with van der Waals surface area (Å²) < 4.78 is 25.6. The summed E-state index contributed by atoms with van der Waals surface area (Å²) in [6.45, 7) is 2.23. The standard InChI is InChI=1S/C16H20N2O2S2/c1-22(19,20)17-11-15(16-7-4-10-21-16)18-9-8-13-5-2-3-6-14(13)12-18/h2-7,10,15,17H,8-9,11-12H2,1H3/t15-/m1/s1. The Labute approximate surface area is 135 Å². The van der Waals surface area contributed by atoms with Gasteiger partial charge in [-0.3, -0.25) is 4.90 Å². The summed E-state index contributed by atoms with van der Waals surface area (Å²) in [5.41, 5.74) is 2.74. The number of nitrogens with one attached hydrogen (secondary N) is 1. The highest BCUT2D eigenvalue weighted by Crippen LogP contribution is 2.30. The van der Waals surface area contributed by atoms with E-state index in [1.165, 1.54) is 22.3 Å². The van der Waals surface area contributed by atoms with E-state index in [-0.39, 0.29) is 6.04 Å². The average Bonchev–Trinajstić information content (AvgIpc) is 3.00. The minimum atomic E-state index is -3.18. The molecule has 0 aliphatic carbocycles. The molecule has 6 heteroatoms. The minimum Gasteiger partial charge on any atom is -0.290 e. The van der Waals surface area contributed by atoms with Gasteiger partial charge in [-0.15, -0.1) is 11.3 Å². The highest BCUT2D eigenvalue weighted by molar-refractivity contribution is 7.88. The molecular formula is C16H20N2O2S2. The lowest BCUT2D eigenvalue weighted by Crippen LogP contribution is -2.40. The molecule has 2 aromatic rings. The molecule has 0 radical (unpaired) electrons. The summed E-state index contributed by atoms with van der Waals surface area (Å²) in [5.74, 6) is 0. The first kappa shape index (κ1) is 15.7. The normalized spacial score (nSPS) is 17.1. The summed E-state index contributed by atoms with van der Waals surface area (Å²) >= 11 is 1.68. The number of sulfonamides is 1. The first-order valence-corrected chi connectivity index (χ1v) is 10.1. The van der Waals surface area contributed by atoms with Crippen LogP contribution in [-0.4, -0.2) is 32.7 Å². The summed E-state index contributed by atoms with van der Waals surface area (Å²) in [6, 6.07) is 12.7. The second kappa shape index (κ2) is 6.50. The monoisotopic (exact) mass is 336 g/mol. The molecule has 3 rings (SSSR count). The van der Waals surface area contributed by atoms with Crippen molar-refractivity contribution in [3.63, 3.8) is 0 Å². The number of nitrogens with zero attached hydrogens (tertiary/aromatic N) is 1. The highest BCUT2D eigenvalue weighted by atomic mass is 32.2. The van der Waals surface area contributed by atoms with Gasteiger partial charge in [0.2, 0.25) is 10.0 Å². The maximum absolute atomic E-state index is 11.5. The lowest BCUT2D eigenvalue weighted by Gasteiger charge is -2.35. The van der Waals surface area contributed by atoms with Gasteiger partial charge in [-0.05, 0) is 29.0 Å². The molecule has 0 bridgehead atoms. The van der Waals surface area contributed by atoms with E-state index in [1.54, 1.807) is 11.3 Å². The largest absolute Gasteiger partial charge is 0.290 e. The molecule has 0 saturated heterocycles. The molecule has 1 aliphatic heterocycles. The topological polar surface area (TPSA) is 49.4 Å². The van der Waals surface area contributed by atoms with Crippen LogP contribution in [0, 0.1) is 0 Å². The van der Waals surface area contributed by atoms with Crippen LogP contribution in [0.15, 0.2) is 41.8 Å². The van der Waals surface area contributed by atoms with Crippen molar-refractivity contribution in [3.8, 4) is 0 Å². The van der Waals surface area contributed by atoms with Crippen LogP contribution in [0.5, 0.6) is 0 Å². The zero-order valence-corrected chi connectivity index (χ0v) is 14.2. The molecule has 0 saturated carbocycles. The quantitative estimate of drug-likeness (QED) is 0.912. The Kier molecular flexibility index (Phi) is 4.63. The third-order valence-electron chi connectivity index (χ3n) is 4.01. The van der Waals surface area contributed by atoms with Gasteiger partial charge in [0.15, 0.2) is 0 Å². The van der Waals surface area contributed by atoms with Crippen molar-refractivity contribution in [1.82, 2.24) is 9.62 Å². The van der Waals surface area contributed by atoms with Crippen molar-refractivity contribution >= 4 is 21.4 Å². The van der Waals surface area contributed by atoms with Crippen LogP contribution in [0.3, 0.4) is 0 Å². The Morgan fingerprint density at radius 1 is 1.23 bits per heavy atom. The van der Waals surface area contributed by atoms with E-state index in [0.717, 1.165) is 19.5 Å². The van der Waals surface area contributed by atoms with Crippen LogP contribution in [0.25, 0.3) is 0 Å². The van der Waals surface area contributed by atoms with Crippen molar-refractivity contribution in [2.75, 3.05) is 19.3 Å². The molecule has 1 aliphatic rings. The lowest BCUT2D eigenvalue weighted by molar-refractivity contribution is 0.183. The van der Waals surface area contributed by atoms with Crippen LogP contribution in [-0.2, 0) is 23.0 Å². The molecule has 0 amide bonds. The van der Waals surface area contributed by atoms with Crippen molar-refractivity contribution in [2.24, 2.45) is 0 Å². The molecule has 0 fully saturated rings. The van der Waals surface area contributed by atoms with Crippen LogP contribution in [0.1, 0.15) is 22.0 Å². The van der Waals surface area contributed by atoms with Gasteiger partial charge in [-0.1, -0.05) is 30.3 Å². The van der Waals surface area contributed by atoms with E-state index in [4.69, 9.17) is 0 Å². The predicted octanol–water partition coefficient (Wildman–Crippen LogP) is 2.40. The number of thiophene rings is 1. The molecule has 1 aromatic heterocycles. The van der Waals surface area contributed by atoms with Crippen LogP contribution in [0.2, 0.25) is 0 Å². The fraction of sp³-hybridized carbons (Fsp3) is 0.375. The summed E-state index contributed by atoms with van der Waals surface area (Å²) in [6.07, 6.45) is 2.22. The number of fused-ring (bicyclic) bond motifs is 1. The lowest BCUT2D eigenvalue weighted by atomic mass is 9.98. The van der Waals surface area contributed by atoms with Crippen LogP contribution >= 0.6 is 11.3 Å². The van der Waals surface area contributed by atoms with Gasteiger partial charge in [0.25, 0.3) is 0 Å². The molecule has 118 valence electrons. The molecular weight excluding hydrogens is 316 g/mol. The van der Waals surface area contributed by atoms with Gasteiger partial charge in [0, 0.05) is 24.5 Å². The summed E-state index contributed by atoms with van der Waals surface area (Å²) in [4.78, 5) is 3.57. The fourth-order valence-corrected chi connectivity index (χ4v) is 4.23. The van der Waals surface area contributed by atoms with Crippen molar-refractivity contribution < 1.29 is 8.42 Å². The van der Waals surface area contributed by atoms with Gasteiger partial charge in [-0.25, -0.2) is 13.1 Å². The van der Waals surface area contributed by atoms with Gasteiger partial charge >= 0.3 is 0 Å². The van der Waals surface area contributed by atoms with Gasteiger partial charge in [-0.2, -0.15) is 0 Å². The third-order valence-corrected chi connectivity index (χ3v) is 5.68. The molecule has 1 atom stereocenters. The molecule has 22 heavy (non-hydrogen) atoms. The van der Waals surface area contributed by atoms with Gasteiger partial charge in [0.05, 0.1) is 12.3 Å². The van der Waals surface area contributed by atoms with Crippen molar-refractivity contribution in [3.05, 3.63) is 57.8 Å². The van der Waals surface area contributed by atoms with E-state index >= 15 is 0 Å². The first-order valence-electron chi connectivity index (χ1n) is 7.32. The molecule has 1 aromatic carbocycles. The zero-order chi connectivity index (χ0) is 15.6. The Balaban J connectivity index is 1.81. The number of hydrogen-bond donors (Lipinski definition) is 1. The van der Waals surface area contributed by atoms with E-state index in [1.807, 2.05) is 11.4 Å². The third kappa shape index (κ3) is 3.76. The van der Waals surface area contributed by atoms with E-state index in [0.29, 0.717) is 6.54 Å². The molecule has 4 nitrogen and oxygen atoms in total.